The van der Waals surface area contributed by atoms with Crippen LogP contribution in [0.2, 0.25) is 5.02 Å². The standard InChI is InChI=1S/C21H24ClNO5/c1-13(9-18-16(24)11-19-17(27-18)7-2-3-8-26-19)23-12-20(28-21(23)25)14-5-4-6-15(22)10-14/h4-6,10-11,13,18,20,24H,2-3,7-9,12H2,1H3. The first-order valence-corrected chi connectivity index (χ1v) is 10.0. The van der Waals surface area contributed by atoms with Crippen molar-refractivity contribution >= 4 is 17.7 Å². The maximum Gasteiger partial charge on any atom is 0.410 e. The van der Waals surface area contributed by atoms with Crippen LogP contribution in [0.15, 0.2) is 47.6 Å². The van der Waals surface area contributed by atoms with E-state index < -0.39 is 6.10 Å². The molecule has 28 heavy (non-hydrogen) atoms. The summed E-state index contributed by atoms with van der Waals surface area (Å²) in [7, 11) is 0. The van der Waals surface area contributed by atoms with Crippen molar-refractivity contribution in [2.24, 2.45) is 0 Å². The first kappa shape index (κ1) is 19.0. The molecular formula is C21H24ClNO5. The first-order valence-electron chi connectivity index (χ1n) is 9.67. The molecule has 0 spiro atoms. The summed E-state index contributed by atoms with van der Waals surface area (Å²) in [4.78, 5) is 14.1. The molecule has 1 amide bonds. The van der Waals surface area contributed by atoms with Crippen LogP contribution in [-0.2, 0) is 14.2 Å². The minimum atomic E-state index is -0.492. The van der Waals surface area contributed by atoms with E-state index in [0.29, 0.717) is 30.4 Å². The van der Waals surface area contributed by atoms with E-state index in [-0.39, 0.29) is 24.0 Å². The van der Waals surface area contributed by atoms with Crippen molar-refractivity contribution in [3.8, 4) is 0 Å². The number of hydrogen-bond donors (Lipinski definition) is 1. The molecule has 0 bridgehead atoms. The Morgan fingerprint density at radius 1 is 1.32 bits per heavy atom. The van der Waals surface area contributed by atoms with Crippen LogP contribution in [0.3, 0.4) is 0 Å². The van der Waals surface area contributed by atoms with Gasteiger partial charge in [0.15, 0.2) is 11.9 Å². The number of cyclic esters (lactones) is 1. The second kappa shape index (κ2) is 7.95. The smallest absolute Gasteiger partial charge is 0.410 e. The molecule has 4 rings (SSSR count). The van der Waals surface area contributed by atoms with E-state index in [1.54, 1.807) is 17.0 Å². The van der Waals surface area contributed by atoms with Crippen molar-refractivity contribution in [1.82, 2.24) is 4.90 Å². The number of halogens is 1. The fourth-order valence-corrected chi connectivity index (χ4v) is 4.00. The van der Waals surface area contributed by atoms with Crippen LogP contribution in [0, 0.1) is 0 Å². The van der Waals surface area contributed by atoms with E-state index in [0.717, 1.165) is 30.6 Å². The van der Waals surface area contributed by atoms with Gasteiger partial charge in [-0.3, -0.25) is 0 Å². The molecule has 3 heterocycles. The third-order valence-electron chi connectivity index (χ3n) is 5.37. The van der Waals surface area contributed by atoms with Gasteiger partial charge in [-0.1, -0.05) is 23.7 Å². The minimum Gasteiger partial charge on any atom is -0.508 e. The molecule has 3 atom stereocenters. The molecule has 1 saturated heterocycles. The highest BCUT2D eigenvalue weighted by atomic mass is 35.5. The molecule has 0 radical (unpaired) electrons. The van der Waals surface area contributed by atoms with Gasteiger partial charge in [-0.15, -0.1) is 0 Å². The average Bonchev–Trinajstić information content (AvgIpc) is 2.91. The van der Waals surface area contributed by atoms with Gasteiger partial charge in [0.05, 0.1) is 13.2 Å². The lowest BCUT2D eigenvalue weighted by Crippen LogP contribution is -2.38. The number of carbonyl (C=O) groups excluding carboxylic acids is 1. The molecule has 6 nitrogen and oxygen atoms in total. The Bertz CT molecular complexity index is 821. The second-order valence-electron chi connectivity index (χ2n) is 7.43. The zero-order valence-corrected chi connectivity index (χ0v) is 16.5. The number of benzene rings is 1. The van der Waals surface area contributed by atoms with Gasteiger partial charge in [0.1, 0.15) is 17.6 Å². The Morgan fingerprint density at radius 2 is 2.18 bits per heavy atom. The highest BCUT2D eigenvalue weighted by Gasteiger charge is 2.37. The number of hydrogen-bond acceptors (Lipinski definition) is 5. The molecule has 7 heteroatoms. The molecule has 3 aliphatic rings. The summed E-state index contributed by atoms with van der Waals surface area (Å²) in [6.07, 6.45) is 3.67. The van der Waals surface area contributed by atoms with Crippen molar-refractivity contribution in [3.05, 3.63) is 58.2 Å². The van der Waals surface area contributed by atoms with Crippen molar-refractivity contribution in [2.75, 3.05) is 13.2 Å². The lowest BCUT2D eigenvalue weighted by molar-refractivity contribution is 0.0541. The van der Waals surface area contributed by atoms with Crippen LogP contribution in [0.5, 0.6) is 0 Å². The van der Waals surface area contributed by atoms with Gasteiger partial charge in [-0.05, 0) is 37.5 Å². The number of aliphatic hydroxyl groups excluding tert-OH is 1. The monoisotopic (exact) mass is 405 g/mol. The van der Waals surface area contributed by atoms with Crippen molar-refractivity contribution < 1.29 is 24.1 Å². The Labute approximate surface area is 169 Å². The molecule has 0 aromatic heterocycles. The maximum atomic E-state index is 12.4. The molecule has 1 N–H and O–H groups in total. The Kier molecular flexibility index (Phi) is 5.40. The van der Waals surface area contributed by atoms with Crippen LogP contribution in [0.25, 0.3) is 0 Å². The summed E-state index contributed by atoms with van der Waals surface area (Å²) >= 11 is 6.05. The Hall–Kier alpha value is -2.34. The molecule has 1 aromatic rings. The molecule has 1 fully saturated rings. The second-order valence-corrected chi connectivity index (χ2v) is 7.87. The summed E-state index contributed by atoms with van der Waals surface area (Å²) in [5.74, 6) is 1.54. The van der Waals surface area contributed by atoms with E-state index >= 15 is 0 Å². The van der Waals surface area contributed by atoms with Crippen LogP contribution < -0.4 is 0 Å². The Balaban J connectivity index is 1.41. The number of amides is 1. The van der Waals surface area contributed by atoms with E-state index in [9.17, 15) is 9.90 Å². The lowest BCUT2D eigenvalue weighted by Gasteiger charge is -2.30. The SMILES string of the molecule is CC(CC1OC2=C(C=C1O)OCCCC2)N1CC(c2cccc(Cl)c2)OC1=O. The zero-order valence-electron chi connectivity index (χ0n) is 15.8. The average molecular weight is 406 g/mol. The number of rotatable bonds is 4. The van der Waals surface area contributed by atoms with Crippen molar-refractivity contribution in [3.63, 3.8) is 0 Å². The van der Waals surface area contributed by atoms with Crippen LogP contribution in [0.4, 0.5) is 4.79 Å². The number of allylic oxidation sites excluding steroid dienone is 2. The molecule has 150 valence electrons. The third-order valence-corrected chi connectivity index (χ3v) is 5.61. The minimum absolute atomic E-state index is 0.131. The van der Waals surface area contributed by atoms with Gasteiger partial charge >= 0.3 is 6.09 Å². The molecule has 0 aliphatic carbocycles. The van der Waals surface area contributed by atoms with Gasteiger partial charge < -0.3 is 24.2 Å². The lowest BCUT2D eigenvalue weighted by atomic mass is 10.0. The van der Waals surface area contributed by atoms with Gasteiger partial charge in [0.25, 0.3) is 0 Å². The van der Waals surface area contributed by atoms with E-state index in [2.05, 4.69) is 0 Å². The summed E-state index contributed by atoms with van der Waals surface area (Å²) in [6.45, 7) is 3.01. The number of carbonyl (C=O) groups is 1. The van der Waals surface area contributed by atoms with Gasteiger partial charge in [0.2, 0.25) is 0 Å². The maximum absolute atomic E-state index is 12.4. The fourth-order valence-electron chi connectivity index (χ4n) is 3.80. The number of nitrogens with zero attached hydrogens (tertiary/aromatic N) is 1. The van der Waals surface area contributed by atoms with Gasteiger partial charge in [-0.2, -0.15) is 0 Å². The highest BCUT2D eigenvalue weighted by Crippen LogP contribution is 2.33. The topological polar surface area (TPSA) is 68.2 Å². The van der Waals surface area contributed by atoms with Crippen LogP contribution in [0.1, 0.15) is 44.3 Å². The number of ether oxygens (including phenoxy) is 3. The quantitative estimate of drug-likeness (QED) is 0.774. The van der Waals surface area contributed by atoms with Crippen molar-refractivity contribution in [2.45, 2.75) is 50.9 Å². The summed E-state index contributed by atoms with van der Waals surface area (Å²) in [5.41, 5.74) is 0.873. The van der Waals surface area contributed by atoms with Gasteiger partial charge in [0, 0.05) is 30.0 Å². The van der Waals surface area contributed by atoms with Crippen LogP contribution >= 0.6 is 11.6 Å². The molecule has 0 saturated carbocycles. The van der Waals surface area contributed by atoms with E-state index in [1.165, 1.54) is 0 Å². The normalized spacial score (nSPS) is 25.9. The molecule has 3 aliphatic heterocycles. The first-order chi connectivity index (χ1) is 13.5. The summed E-state index contributed by atoms with van der Waals surface area (Å²) in [5, 5.41) is 11.0. The predicted molar refractivity (Wildman–Crippen MR) is 104 cm³/mol. The van der Waals surface area contributed by atoms with Gasteiger partial charge in [-0.25, -0.2) is 4.79 Å². The Morgan fingerprint density at radius 3 is 3.00 bits per heavy atom. The molecule has 1 aromatic carbocycles. The number of aliphatic hydroxyl groups is 1. The zero-order chi connectivity index (χ0) is 19.7. The summed E-state index contributed by atoms with van der Waals surface area (Å²) < 4.78 is 17.2. The highest BCUT2D eigenvalue weighted by molar-refractivity contribution is 6.30. The van der Waals surface area contributed by atoms with E-state index in [1.807, 2.05) is 25.1 Å². The van der Waals surface area contributed by atoms with E-state index in [4.69, 9.17) is 25.8 Å². The van der Waals surface area contributed by atoms with Crippen molar-refractivity contribution in [1.29, 1.82) is 0 Å². The molecule has 3 unspecified atom stereocenters. The summed E-state index contributed by atoms with van der Waals surface area (Å²) in [6, 6.07) is 7.18. The molecular weight excluding hydrogens is 382 g/mol. The van der Waals surface area contributed by atoms with Crippen LogP contribution in [-0.4, -0.2) is 41.4 Å². The predicted octanol–water partition coefficient (Wildman–Crippen LogP) is 4.86. The fraction of sp³-hybridized carbons (Fsp3) is 0.476. The third kappa shape index (κ3) is 3.92. The largest absolute Gasteiger partial charge is 0.508 e.